The van der Waals surface area contributed by atoms with Crippen LogP contribution in [-0.4, -0.2) is 17.6 Å². The van der Waals surface area contributed by atoms with Gasteiger partial charge in [-0.3, -0.25) is 4.79 Å². The molecule has 1 aliphatic carbocycles. The third-order valence-corrected chi connectivity index (χ3v) is 4.53. The van der Waals surface area contributed by atoms with E-state index in [1.807, 2.05) is 6.07 Å². The van der Waals surface area contributed by atoms with E-state index in [1.54, 1.807) is 24.3 Å². The normalized spacial score (nSPS) is 16.5. The zero-order valence-electron chi connectivity index (χ0n) is 13.1. The molecule has 1 unspecified atom stereocenters. The predicted molar refractivity (Wildman–Crippen MR) is 86.3 cm³/mol. The van der Waals surface area contributed by atoms with Crippen LogP contribution in [0.4, 0.5) is 8.78 Å². The highest BCUT2D eigenvalue weighted by atomic mass is 19.1. The van der Waals surface area contributed by atoms with E-state index in [1.165, 1.54) is 18.2 Å². The number of benzene rings is 2. The summed E-state index contributed by atoms with van der Waals surface area (Å²) in [6, 6.07) is 12.7. The lowest BCUT2D eigenvalue weighted by Gasteiger charge is -2.19. The molecule has 126 valence electrons. The minimum atomic E-state index is -0.897. The Balaban J connectivity index is 1.60. The average molecular weight is 331 g/mol. The Morgan fingerprint density at radius 3 is 2.29 bits per heavy atom. The predicted octanol–water partition coefficient (Wildman–Crippen LogP) is 3.24. The van der Waals surface area contributed by atoms with Crippen molar-refractivity contribution in [1.82, 2.24) is 5.32 Å². The molecule has 1 saturated carbocycles. The molecule has 0 saturated heterocycles. The molecule has 0 aliphatic heterocycles. The Hall–Kier alpha value is -2.27. The van der Waals surface area contributed by atoms with Crippen molar-refractivity contribution in [3.8, 4) is 0 Å². The van der Waals surface area contributed by atoms with Crippen LogP contribution in [0.5, 0.6) is 0 Å². The zero-order valence-corrected chi connectivity index (χ0v) is 13.1. The van der Waals surface area contributed by atoms with E-state index in [0.717, 1.165) is 0 Å². The van der Waals surface area contributed by atoms with E-state index in [0.29, 0.717) is 18.4 Å². The molecule has 2 N–H and O–H groups in total. The van der Waals surface area contributed by atoms with Gasteiger partial charge in [-0.05, 0) is 30.5 Å². The Kier molecular flexibility index (Phi) is 4.62. The standard InChI is InChI=1S/C19H19F2NO2/c20-14-7-4-8-15(21)18(14)19(9-10-19)12-22-17(24)11-16(23)13-5-2-1-3-6-13/h1-8,16,23H,9-12H2,(H,22,24). The number of rotatable bonds is 6. The molecule has 0 radical (unpaired) electrons. The largest absolute Gasteiger partial charge is 0.388 e. The molecule has 1 aliphatic rings. The fourth-order valence-corrected chi connectivity index (χ4v) is 2.98. The molecule has 1 atom stereocenters. The molecular formula is C19H19F2NO2. The Labute approximate surface area is 139 Å². The minimum absolute atomic E-state index is 0.0499. The Bertz CT molecular complexity index is 709. The lowest BCUT2D eigenvalue weighted by atomic mass is 9.94. The van der Waals surface area contributed by atoms with Crippen molar-refractivity contribution in [2.75, 3.05) is 6.54 Å². The number of hydrogen-bond acceptors (Lipinski definition) is 2. The van der Waals surface area contributed by atoms with Gasteiger partial charge in [-0.25, -0.2) is 8.78 Å². The summed E-state index contributed by atoms with van der Waals surface area (Å²) < 4.78 is 27.9. The minimum Gasteiger partial charge on any atom is -0.388 e. The molecule has 0 aromatic heterocycles. The van der Waals surface area contributed by atoms with Crippen molar-refractivity contribution in [2.24, 2.45) is 0 Å². The van der Waals surface area contributed by atoms with Crippen molar-refractivity contribution < 1.29 is 18.7 Å². The summed E-state index contributed by atoms with van der Waals surface area (Å²) in [5, 5.41) is 12.8. The third-order valence-electron chi connectivity index (χ3n) is 4.53. The van der Waals surface area contributed by atoms with Crippen molar-refractivity contribution in [3.63, 3.8) is 0 Å². The zero-order chi connectivity index (χ0) is 17.2. The average Bonchev–Trinajstić information content (AvgIpc) is 3.34. The lowest BCUT2D eigenvalue weighted by Crippen LogP contribution is -2.34. The first kappa shape index (κ1) is 16.6. The third kappa shape index (κ3) is 3.46. The second-order valence-corrected chi connectivity index (χ2v) is 6.28. The summed E-state index contributed by atoms with van der Waals surface area (Å²) in [6.07, 6.45) is 0.282. The number of carbonyl (C=O) groups excluding carboxylic acids is 1. The van der Waals surface area contributed by atoms with E-state index in [-0.39, 0.29) is 24.4 Å². The number of hydrogen-bond donors (Lipinski definition) is 2. The van der Waals surface area contributed by atoms with Gasteiger partial charge in [-0.15, -0.1) is 0 Å². The SMILES string of the molecule is O=C(CC(O)c1ccccc1)NCC1(c2c(F)cccc2F)CC1. The van der Waals surface area contributed by atoms with E-state index in [2.05, 4.69) is 5.32 Å². The van der Waals surface area contributed by atoms with Crippen LogP contribution in [0.15, 0.2) is 48.5 Å². The topological polar surface area (TPSA) is 49.3 Å². The highest BCUT2D eigenvalue weighted by molar-refractivity contribution is 5.76. The Morgan fingerprint density at radius 1 is 1.08 bits per heavy atom. The highest BCUT2D eigenvalue weighted by Gasteiger charge is 2.47. The molecule has 2 aromatic carbocycles. The van der Waals surface area contributed by atoms with Gasteiger partial charge in [0, 0.05) is 17.5 Å². The van der Waals surface area contributed by atoms with Gasteiger partial charge >= 0.3 is 0 Å². The smallest absolute Gasteiger partial charge is 0.222 e. The summed E-state index contributed by atoms with van der Waals surface area (Å²) in [4.78, 5) is 12.0. The van der Waals surface area contributed by atoms with Gasteiger partial charge in [0.2, 0.25) is 5.91 Å². The Morgan fingerprint density at radius 2 is 1.71 bits per heavy atom. The number of carbonyl (C=O) groups is 1. The van der Waals surface area contributed by atoms with E-state index >= 15 is 0 Å². The van der Waals surface area contributed by atoms with E-state index in [4.69, 9.17) is 0 Å². The van der Waals surface area contributed by atoms with Crippen LogP contribution in [0.3, 0.4) is 0 Å². The summed E-state index contributed by atoms with van der Waals surface area (Å²) in [5.41, 5.74) is 0.0471. The van der Waals surface area contributed by atoms with Gasteiger partial charge in [-0.1, -0.05) is 36.4 Å². The van der Waals surface area contributed by atoms with Crippen LogP contribution in [0, 0.1) is 11.6 Å². The van der Waals surface area contributed by atoms with Crippen LogP contribution in [0.2, 0.25) is 0 Å². The van der Waals surface area contributed by atoms with E-state index < -0.39 is 23.2 Å². The van der Waals surface area contributed by atoms with Crippen molar-refractivity contribution >= 4 is 5.91 Å². The second-order valence-electron chi connectivity index (χ2n) is 6.28. The maximum absolute atomic E-state index is 13.9. The molecular weight excluding hydrogens is 312 g/mol. The summed E-state index contributed by atoms with van der Waals surface area (Å²) in [7, 11) is 0. The molecule has 0 heterocycles. The number of aliphatic hydroxyl groups is 1. The molecule has 1 amide bonds. The molecule has 0 bridgehead atoms. The van der Waals surface area contributed by atoms with Gasteiger partial charge in [0.05, 0.1) is 12.5 Å². The van der Waals surface area contributed by atoms with Gasteiger partial charge in [-0.2, -0.15) is 0 Å². The van der Waals surface area contributed by atoms with Crippen LogP contribution in [-0.2, 0) is 10.2 Å². The molecule has 24 heavy (non-hydrogen) atoms. The van der Waals surface area contributed by atoms with Crippen LogP contribution >= 0.6 is 0 Å². The number of halogens is 2. The summed E-state index contributed by atoms with van der Waals surface area (Å²) in [6.45, 7) is 0.172. The lowest BCUT2D eigenvalue weighted by molar-refractivity contribution is -0.123. The maximum atomic E-state index is 13.9. The molecule has 1 fully saturated rings. The van der Waals surface area contributed by atoms with Crippen molar-refractivity contribution in [2.45, 2.75) is 30.8 Å². The van der Waals surface area contributed by atoms with Crippen molar-refractivity contribution in [3.05, 3.63) is 71.3 Å². The number of nitrogens with one attached hydrogen (secondary N) is 1. The maximum Gasteiger partial charge on any atom is 0.222 e. The number of aliphatic hydroxyl groups excluding tert-OH is 1. The first-order valence-electron chi connectivity index (χ1n) is 7.96. The monoisotopic (exact) mass is 331 g/mol. The molecule has 2 aromatic rings. The second kappa shape index (κ2) is 6.69. The summed E-state index contributed by atoms with van der Waals surface area (Å²) in [5.74, 6) is -1.49. The highest BCUT2D eigenvalue weighted by Crippen LogP contribution is 2.49. The van der Waals surface area contributed by atoms with Crippen LogP contribution < -0.4 is 5.32 Å². The van der Waals surface area contributed by atoms with Crippen molar-refractivity contribution in [1.29, 1.82) is 0 Å². The molecule has 0 spiro atoms. The van der Waals surface area contributed by atoms with Gasteiger partial charge in [0.1, 0.15) is 11.6 Å². The van der Waals surface area contributed by atoms with E-state index in [9.17, 15) is 18.7 Å². The van der Waals surface area contributed by atoms with Gasteiger partial charge < -0.3 is 10.4 Å². The van der Waals surface area contributed by atoms with Crippen LogP contribution in [0.25, 0.3) is 0 Å². The van der Waals surface area contributed by atoms with Gasteiger partial charge in [0.25, 0.3) is 0 Å². The quantitative estimate of drug-likeness (QED) is 0.854. The first-order chi connectivity index (χ1) is 11.5. The molecule has 3 rings (SSSR count). The molecule has 5 heteroatoms. The fraction of sp³-hybridized carbons (Fsp3) is 0.316. The summed E-state index contributed by atoms with van der Waals surface area (Å²) >= 11 is 0. The van der Waals surface area contributed by atoms with Crippen LogP contribution in [0.1, 0.15) is 36.5 Å². The van der Waals surface area contributed by atoms with Gasteiger partial charge in [0.15, 0.2) is 0 Å². The first-order valence-corrected chi connectivity index (χ1v) is 7.96. The number of amides is 1. The molecule has 3 nitrogen and oxygen atoms in total. The fourth-order valence-electron chi connectivity index (χ4n) is 2.98.